The Bertz CT molecular complexity index is 909. The number of amides is 1. The average molecular weight is 370 g/mol. The van der Waals surface area contributed by atoms with Crippen LogP contribution in [-0.2, 0) is 0 Å². The number of carbonyl (C=O) groups excluding carboxylic acids is 1. The Hall–Kier alpha value is -2.73. The van der Waals surface area contributed by atoms with E-state index in [4.69, 9.17) is 0 Å². The lowest BCUT2D eigenvalue weighted by Gasteiger charge is -2.05. The van der Waals surface area contributed by atoms with Gasteiger partial charge in [-0.2, -0.15) is 5.10 Å². The Labute approximate surface area is 140 Å². The summed E-state index contributed by atoms with van der Waals surface area (Å²) in [4.78, 5) is 15.9. The maximum atomic E-state index is 12.0. The van der Waals surface area contributed by atoms with E-state index < -0.39 is 0 Å². The molecule has 6 heteroatoms. The number of phenols is 1. The summed E-state index contributed by atoms with van der Waals surface area (Å²) in [5.74, 6) is -0.277. The Balaban J connectivity index is 1.84. The molecule has 0 saturated heterocycles. The van der Waals surface area contributed by atoms with Crippen LogP contribution in [0.5, 0.6) is 5.75 Å². The van der Waals surface area contributed by atoms with Crippen LogP contribution >= 0.6 is 15.9 Å². The molecule has 0 aliphatic heterocycles. The molecular weight excluding hydrogens is 358 g/mol. The number of pyridine rings is 1. The van der Waals surface area contributed by atoms with E-state index in [1.807, 2.05) is 30.3 Å². The molecule has 5 nitrogen and oxygen atoms in total. The summed E-state index contributed by atoms with van der Waals surface area (Å²) < 4.78 is 0.709. The standard InChI is InChI=1S/C17H12BrN3O2/c18-13-7-12(8-19-9-13)17(23)21-20-10-15-14-4-2-1-3-11(14)5-6-16(15)22/h1-10,22H,(H,21,23)/b20-10-. The number of hydrogen-bond donors (Lipinski definition) is 2. The van der Waals surface area contributed by atoms with Crippen LogP contribution in [-0.4, -0.2) is 22.2 Å². The van der Waals surface area contributed by atoms with E-state index in [0.717, 1.165) is 10.8 Å². The number of halogens is 1. The van der Waals surface area contributed by atoms with Crippen LogP contribution in [0.15, 0.2) is 64.4 Å². The summed E-state index contributed by atoms with van der Waals surface area (Å²) >= 11 is 3.26. The third kappa shape index (κ3) is 3.37. The number of fused-ring (bicyclic) bond motifs is 1. The Morgan fingerprint density at radius 3 is 2.87 bits per heavy atom. The third-order valence-corrected chi connectivity index (χ3v) is 3.71. The van der Waals surface area contributed by atoms with Gasteiger partial charge in [-0.05, 0) is 38.8 Å². The van der Waals surface area contributed by atoms with Crippen molar-refractivity contribution < 1.29 is 9.90 Å². The minimum absolute atomic E-state index is 0.103. The number of aromatic hydroxyl groups is 1. The highest BCUT2D eigenvalue weighted by atomic mass is 79.9. The van der Waals surface area contributed by atoms with Crippen LogP contribution in [0.25, 0.3) is 10.8 Å². The minimum atomic E-state index is -0.380. The summed E-state index contributed by atoms with van der Waals surface area (Å²) in [5.41, 5.74) is 3.36. The van der Waals surface area contributed by atoms with E-state index in [2.05, 4.69) is 31.4 Å². The summed E-state index contributed by atoms with van der Waals surface area (Å²) in [6.45, 7) is 0. The number of carbonyl (C=O) groups is 1. The summed E-state index contributed by atoms with van der Waals surface area (Å²) in [6.07, 6.45) is 4.47. The first kappa shape index (κ1) is 15.2. The number of nitrogens with one attached hydrogen (secondary N) is 1. The zero-order chi connectivity index (χ0) is 16.2. The van der Waals surface area contributed by atoms with Gasteiger partial charge in [0.1, 0.15) is 5.75 Å². The van der Waals surface area contributed by atoms with Gasteiger partial charge in [0.2, 0.25) is 0 Å². The molecule has 0 radical (unpaired) electrons. The molecule has 114 valence electrons. The third-order valence-electron chi connectivity index (χ3n) is 3.27. The van der Waals surface area contributed by atoms with Gasteiger partial charge in [-0.3, -0.25) is 9.78 Å². The molecule has 2 aromatic carbocycles. The molecule has 1 amide bonds. The van der Waals surface area contributed by atoms with E-state index in [0.29, 0.717) is 15.6 Å². The predicted octanol–water partition coefficient (Wildman–Crippen LogP) is 3.47. The van der Waals surface area contributed by atoms with Gasteiger partial charge in [-0.25, -0.2) is 5.43 Å². The fourth-order valence-electron chi connectivity index (χ4n) is 2.18. The molecule has 0 aliphatic carbocycles. The maximum absolute atomic E-state index is 12.0. The number of hydrazone groups is 1. The smallest absolute Gasteiger partial charge is 0.272 e. The molecule has 0 aliphatic rings. The van der Waals surface area contributed by atoms with E-state index in [9.17, 15) is 9.90 Å². The Morgan fingerprint density at radius 2 is 2.04 bits per heavy atom. The highest BCUT2D eigenvalue weighted by Crippen LogP contribution is 2.25. The molecule has 0 atom stereocenters. The molecule has 0 fully saturated rings. The van der Waals surface area contributed by atoms with Crippen molar-refractivity contribution in [1.82, 2.24) is 10.4 Å². The summed E-state index contributed by atoms with van der Waals surface area (Å²) in [6, 6.07) is 12.7. The first-order valence-corrected chi connectivity index (χ1v) is 7.59. The van der Waals surface area contributed by atoms with Crippen molar-refractivity contribution in [1.29, 1.82) is 0 Å². The second-order valence-corrected chi connectivity index (χ2v) is 5.73. The van der Waals surface area contributed by atoms with Gasteiger partial charge in [-0.1, -0.05) is 30.3 Å². The van der Waals surface area contributed by atoms with Gasteiger partial charge < -0.3 is 5.11 Å². The van der Waals surface area contributed by atoms with Crippen LogP contribution in [0.2, 0.25) is 0 Å². The number of hydrogen-bond acceptors (Lipinski definition) is 4. The SMILES string of the molecule is O=C(N/N=C\c1c(O)ccc2ccccc12)c1cncc(Br)c1. The number of benzene rings is 2. The van der Waals surface area contributed by atoms with Crippen molar-refractivity contribution in [2.24, 2.45) is 5.10 Å². The first-order valence-electron chi connectivity index (χ1n) is 6.80. The maximum Gasteiger partial charge on any atom is 0.272 e. The number of phenolic OH excluding ortho intramolecular Hbond substituents is 1. The normalized spacial score (nSPS) is 11.0. The Kier molecular flexibility index (Phi) is 4.34. The fraction of sp³-hybridized carbons (Fsp3) is 0. The summed E-state index contributed by atoms with van der Waals surface area (Å²) in [7, 11) is 0. The van der Waals surface area contributed by atoms with E-state index in [1.54, 1.807) is 18.3 Å². The van der Waals surface area contributed by atoms with Crippen LogP contribution in [0, 0.1) is 0 Å². The lowest BCUT2D eigenvalue weighted by Crippen LogP contribution is -2.17. The van der Waals surface area contributed by atoms with Crippen LogP contribution in [0.3, 0.4) is 0 Å². The molecule has 0 unspecified atom stereocenters. The quantitative estimate of drug-likeness (QED) is 0.548. The van der Waals surface area contributed by atoms with Crippen molar-refractivity contribution >= 4 is 38.8 Å². The van der Waals surface area contributed by atoms with Crippen molar-refractivity contribution in [2.45, 2.75) is 0 Å². The van der Waals surface area contributed by atoms with E-state index in [1.165, 1.54) is 12.4 Å². The molecule has 0 saturated carbocycles. The van der Waals surface area contributed by atoms with Crippen molar-refractivity contribution in [2.75, 3.05) is 0 Å². The van der Waals surface area contributed by atoms with Crippen LogP contribution < -0.4 is 5.43 Å². The molecule has 23 heavy (non-hydrogen) atoms. The molecule has 2 N–H and O–H groups in total. The largest absolute Gasteiger partial charge is 0.507 e. The average Bonchev–Trinajstić information content (AvgIpc) is 2.56. The number of nitrogens with zero attached hydrogens (tertiary/aromatic N) is 2. The molecular formula is C17H12BrN3O2. The van der Waals surface area contributed by atoms with E-state index >= 15 is 0 Å². The highest BCUT2D eigenvalue weighted by Gasteiger charge is 2.06. The van der Waals surface area contributed by atoms with Crippen molar-refractivity contribution in [3.63, 3.8) is 0 Å². The zero-order valence-corrected chi connectivity index (χ0v) is 13.5. The molecule has 3 aromatic rings. The van der Waals surface area contributed by atoms with Gasteiger partial charge in [0.05, 0.1) is 11.8 Å². The molecule has 1 aromatic heterocycles. The Morgan fingerprint density at radius 1 is 1.22 bits per heavy atom. The lowest BCUT2D eigenvalue weighted by atomic mass is 10.0. The van der Waals surface area contributed by atoms with Gasteiger partial charge >= 0.3 is 0 Å². The lowest BCUT2D eigenvalue weighted by molar-refractivity contribution is 0.0954. The molecule has 0 bridgehead atoms. The highest BCUT2D eigenvalue weighted by molar-refractivity contribution is 9.10. The van der Waals surface area contributed by atoms with Gasteiger partial charge in [0, 0.05) is 22.4 Å². The minimum Gasteiger partial charge on any atom is -0.507 e. The van der Waals surface area contributed by atoms with Gasteiger partial charge in [0.15, 0.2) is 0 Å². The topological polar surface area (TPSA) is 74.6 Å². The van der Waals surface area contributed by atoms with Crippen molar-refractivity contribution in [3.8, 4) is 5.75 Å². The van der Waals surface area contributed by atoms with Gasteiger partial charge in [0.25, 0.3) is 5.91 Å². The molecule has 1 heterocycles. The summed E-state index contributed by atoms with van der Waals surface area (Å²) in [5, 5.41) is 15.8. The number of aromatic nitrogens is 1. The van der Waals surface area contributed by atoms with Gasteiger partial charge in [-0.15, -0.1) is 0 Å². The second-order valence-electron chi connectivity index (χ2n) is 4.81. The fourth-order valence-corrected chi connectivity index (χ4v) is 2.54. The second kappa shape index (κ2) is 6.58. The van der Waals surface area contributed by atoms with Crippen molar-refractivity contribution in [3.05, 3.63) is 70.5 Å². The van der Waals surface area contributed by atoms with Crippen LogP contribution in [0.4, 0.5) is 0 Å². The number of rotatable bonds is 3. The molecule has 3 rings (SSSR count). The van der Waals surface area contributed by atoms with E-state index in [-0.39, 0.29) is 11.7 Å². The predicted molar refractivity (Wildman–Crippen MR) is 92.6 cm³/mol. The monoisotopic (exact) mass is 369 g/mol. The first-order chi connectivity index (χ1) is 11.1. The van der Waals surface area contributed by atoms with Crippen LogP contribution in [0.1, 0.15) is 15.9 Å². The zero-order valence-electron chi connectivity index (χ0n) is 11.9. The molecule has 0 spiro atoms.